The van der Waals surface area contributed by atoms with Gasteiger partial charge >= 0.3 is 0 Å². The van der Waals surface area contributed by atoms with E-state index in [-0.39, 0.29) is 18.1 Å². The molecule has 0 bridgehead atoms. The van der Waals surface area contributed by atoms with Gasteiger partial charge in [-0.15, -0.1) is 0 Å². The quantitative estimate of drug-likeness (QED) is 0.157. The lowest BCUT2D eigenvalue weighted by atomic mass is 10.0. The van der Waals surface area contributed by atoms with E-state index in [1.54, 1.807) is 0 Å². The molecule has 4 heterocycles. The smallest absolute Gasteiger partial charge is 0.121 e. The molecule has 4 unspecified atom stereocenters. The lowest BCUT2D eigenvalue weighted by Gasteiger charge is -2.21. The highest BCUT2D eigenvalue weighted by Gasteiger charge is 2.28. The molecule has 0 saturated carbocycles. The standard InChI is InChI=1S/C20H26N6.C19H22N4/c1-13-3-5-15-17(9-13)24-19(22-15)11-26(8-7-21)12-20-23-16-6-4-14(2)10-18(16)25-20;1-12-6-8-14-16(10-12)22-18(20-14)4-3-5-19-21-15-9-7-13(2)11-17(15)23-19/h3-6,9-10,15,17H,7-8,11-12,21H2,1-2H3,(H,22,24)(H,23,25);6-11,14,16H,3-5H2,1-2H3,(H,20,22)(H,21,23). The first kappa shape index (κ1) is 32.7. The number of nitrogens with one attached hydrogen (secondary N) is 4. The first-order chi connectivity index (χ1) is 23.8. The number of aryl methyl sites for hydroxylation is 3. The number of rotatable bonds is 10. The first-order valence-corrected chi connectivity index (χ1v) is 17.5. The number of aromatic amines is 2. The number of aliphatic imine (C=N–C) groups is 2. The predicted octanol–water partition coefficient (Wildman–Crippen LogP) is 5.34. The zero-order valence-corrected chi connectivity index (χ0v) is 29.0. The van der Waals surface area contributed by atoms with Gasteiger partial charge in [-0.1, -0.05) is 59.7 Å². The van der Waals surface area contributed by atoms with Gasteiger partial charge in [0.1, 0.15) is 17.5 Å². The summed E-state index contributed by atoms with van der Waals surface area (Å²) in [7, 11) is 0. The van der Waals surface area contributed by atoms with Crippen LogP contribution >= 0.6 is 0 Å². The average molecular weight is 657 g/mol. The summed E-state index contributed by atoms with van der Waals surface area (Å²) in [4.78, 5) is 28.1. The third kappa shape index (κ3) is 7.92. The van der Waals surface area contributed by atoms with Crippen LogP contribution in [0.3, 0.4) is 0 Å². The number of benzene rings is 2. The normalized spacial score (nSPS) is 22.2. The Bertz CT molecular complexity index is 2000. The van der Waals surface area contributed by atoms with Gasteiger partial charge in [0, 0.05) is 25.9 Å². The highest BCUT2D eigenvalue weighted by molar-refractivity contribution is 5.87. The summed E-state index contributed by atoms with van der Waals surface area (Å²) >= 11 is 0. The van der Waals surface area contributed by atoms with Gasteiger partial charge in [0.2, 0.25) is 0 Å². The lowest BCUT2D eigenvalue weighted by Crippen LogP contribution is -2.41. The monoisotopic (exact) mass is 656 g/mol. The van der Waals surface area contributed by atoms with E-state index >= 15 is 0 Å². The van der Waals surface area contributed by atoms with E-state index in [9.17, 15) is 0 Å². The molecule has 2 aromatic carbocycles. The third-order valence-electron chi connectivity index (χ3n) is 9.40. The molecule has 8 rings (SSSR count). The van der Waals surface area contributed by atoms with Crippen molar-refractivity contribution < 1.29 is 0 Å². The van der Waals surface area contributed by atoms with Gasteiger partial charge in [-0.05, 0) is 69.5 Å². The van der Waals surface area contributed by atoms with Crippen LogP contribution in [0.15, 0.2) is 94.0 Å². The van der Waals surface area contributed by atoms with Gasteiger partial charge in [0.15, 0.2) is 0 Å². The third-order valence-corrected chi connectivity index (χ3v) is 9.40. The molecule has 0 saturated heterocycles. The number of hydrogen-bond acceptors (Lipinski definition) is 8. The van der Waals surface area contributed by atoms with Crippen molar-refractivity contribution in [3.63, 3.8) is 0 Å². The number of imidazole rings is 2. The predicted molar refractivity (Wildman–Crippen MR) is 201 cm³/mol. The Balaban J connectivity index is 0.000000155. The molecule has 10 nitrogen and oxygen atoms in total. The van der Waals surface area contributed by atoms with Crippen LogP contribution in [-0.2, 0) is 13.0 Å². The Morgan fingerprint density at radius 3 is 1.90 bits per heavy atom. The average Bonchev–Trinajstić information content (AvgIpc) is 3.85. The number of hydrogen-bond donors (Lipinski definition) is 5. The van der Waals surface area contributed by atoms with E-state index in [4.69, 9.17) is 20.7 Å². The molecule has 2 aliphatic carbocycles. The minimum atomic E-state index is 0.211. The fourth-order valence-corrected chi connectivity index (χ4v) is 6.95. The van der Waals surface area contributed by atoms with E-state index in [2.05, 4.69) is 131 Å². The van der Waals surface area contributed by atoms with Gasteiger partial charge in [-0.25, -0.2) is 9.97 Å². The number of amidine groups is 2. The van der Waals surface area contributed by atoms with E-state index in [1.807, 2.05) is 0 Å². The van der Waals surface area contributed by atoms with E-state index in [1.165, 1.54) is 22.3 Å². The number of nitrogens with two attached hydrogens (primary N) is 1. The van der Waals surface area contributed by atoms with E-state index < -0.39 is 0 Å². The SMILES string of the molecule is CC1=CC2NC(CCCc3nc4ccc(C)cc4[nH]3)=NC2C=C1.CC1=CC2NC(CN(CCN)Cc3nc4ccc(C)cc4[nH]3)=NC2C=C1. The second-order valence-electron chi connectivity index (χ2n) is 13.8. The molecule has 6 N–H and O–H groups in total. The van der Waals surface area contributed by atoms with Gasteiger partial charge in [-0.3, -0.25) is 14.9 Å². The molecule has 254 valence electrons. The summed E-state index contributed by atoms with van der Waals surface area (Å²) in [6.45, 7) is 11.3. The van der Waals surface area contributed by atoms with Crippen LogP contribution in [0.4, 0.5) is 0 Å². The first-order valence-electron chi connectivity index (χ1n) is 17.5. The molecule has 0 fully saturated rings. The van der Waals surface area contributed by atoms with Gasteiger partial charge < -0.3 is 26.3 Å². The van der Waals surface area contributed by atoms with Crippen LogP contribution < -0.4 is 16.4 Å². The van der Waals surface area contributed by atoms with Crippen molar-refractivity contribution in [3.8, 4) is 0 Å². The number of fused-ring (bicyclic) bond motifs is 4. The highest BCUT2D eigenvalue weighted by Crippen LogP contribution is 2.21. The van der Waals surface area contributed by atoms with Gasteiger partial charge in [-0.2, -0.15) is 0 Å². The summed E-state index contributed by atoms with van der Waals surface area (Å²) in [6.07, 6.45) is 16.2. The largest absolute Gasteiger partial charge is 0.365 e. The molecule has 0 radical (unpaired) electrons. The summed E-state index contributed by atoms with van der Waals surface area (Å²) < 4.78 is 0. The van der Waals surface area contributed by atoms with E-state index in [0.717, 1.165) is 84.3 Å². The Kier molecular flexibility index (Phi) is 9.59. The Hall–Kier alpha value is -4.80. The molecule has 10 heteroatoms. The van der Waals surface area contributed by atoms with Crippen LogP contribution in [0.25, 0.3) is 22.1 Å². The van der Waals surface area contributed by atoms with Crippen molar-refractivity contribution in [1.29, 1.82) is 0 Å². The summed E-state index contributed by atoms with van der Waals surface area (Å²) in [6, 6.07) is 13.7. The van der Waals surface area contributed by atoms with Gasteiger partial charge in [0.25, 0.3) is 0 Å². The van der Waals surface area contributed by atoms with Crippen molar-refractivity contribution in [2.24, 2.45) is 15.7 Å². The number of aromatic nitrogens is 4. The molecule has 4 aliphatic rings. The maximum atomic E-state index is 5.83. The Labute approximate surface area is 288 Å². The fourth-order valence-electron chi connectivity index (χ4n) is 6.95. The second kappa shape index (κ2) is 14.4. The summed E-state index contributed by atoms with van der Waals surface area (Å²) in [5.41, 5.74) is 15.2. The topological polar surface area (TPSA) is 135 Å². The number of H-pyrrole nitrogens is 2. The molecule has 0 spiro atoms. The summed E-state index contributed by atoms with van der Waals surface area (Å²) in [5, 5.41) is 7.08. The fraction of sp³-hybridized carbons (Fsp3) is 0.385. The zero-order chi connectivity index (χ0) is 33.9. The van der Waals surface area contributed by atoms with Crippen molar-refractivity contribution in [2.45, 2.75) is 77.7 Å². The molecular weight excluding hydrogens is 608 g/mol. The van der Waals surface area contributed by atoms with Crippen LogP contribution in [0.2, 0.25) is 0 Å². The van der Waals surface area contributed by atoms with Crippen LogP contribution in [-0.4, -0.2) is 80.3 Å². The van der Waals surface area contributed by atoms with Crippen molar-refractivity contribution in [1.82, 2.24) is 35.5 Å². The molecule has 0 amide bonds. The molecule has 2 aliphatic heterocycles. The zero-order valence-electron chi connectivity index (χ0n) is 29.0. The number of allylic oxidation sites excluding steroid dienone is 4. The lowest BCUT2D eigenvalue weighted by molar-refractivity contribution is 0.303. The molecule has 4 aromatic rings. The maximum absolute atomic E-state index is 5.83. The molecule has 4 atom stereocenters. The highest BCUT2D eigenvalue weighted by atomic mass is 15.2. The van der Waals surface area contributed by atoms with Crippen molar-refractivity contribution >= 4 is 33.7 Å². The van der Waals surface area contributed by atoms with Gasteiger partial charge in [0.05, 0.1) is 65.2 Å². The number of nitrogens with zero attached hydrogens (tertiary/aromatic N) is 5. The molecule has 2 aromatic heterocycles. The van der Waals surface area contributed by atoms with Crippen LogP contribution in [0.5, 0.6) is 0 Å². The molecule has 49 heavy (non-hydrogen) atoms. The summed E-state index contributed by atoms with van der Waals surface area (Å²) in [5.74, 6) is 4.18. The molecular formula is C39H48N10. The van der Waals surface area contributed by atoms with Crippen LogP contribution in [0.1, 0.15) is 49.5 Å². The Morgan fingerprint density at radius 2 is 1.27 bits per heavy atom. The van der Waals surface area contributed by atoms with Crippen LogP contribution in [0, 0.1) is 13.8 Å². The van der Waals surface area contributed by atoms with Crippen molar-refractivity contribution in [2.75, 3.05) is 19.6 Å². The minimum Gasteiger partial charge on any atom is -0.365 e. The van der Waals surface area contributed by atoms with Crippen molar-refractivity contribution in [3.05, 3.63) is 107 Å². The Morgan fingerprint density at radius 1 is 0.694 bits per heavy atom. The second-order valence-corrected chi connectivity index (χ2v) is 13.8. The minimum absolute atomic E-state index is 0.211. The van der Waals surface area contributed by atoms with E-state index in [0.29, 0.717) is 12.6 Å². The maximum Gasteiger partial charge on any atom is 0.121 e.